The van der Waals surface area contributed by atoms with Crippen LogP contribution in [0.5, 0.6) is 0 Å². The number of aliphatic carboxylic acids is 1. The summed E-state index contributed by atoms with van der Waals surface area (Å²) in [5.74, 6) is -0.970. The normalized spacial score (nSPS) is 12.0. The van der Waals surface area contributed by atoms with Crippen molar-refractivity contribution in [1.82, 2.24) is 5.32 Å². The molecule has 0 radical (unpaired) electrons. The number of amides is 1. The van der Waals surface area contributed by atoms with E-state index in [-0.39, 0.29) is 0 Å². The molecular weight excluding hydrogens is 290 g/mol. The Kier molecular flexibility index (Phi) is 6.17. The van der Waals surface area contributed by atoms with E-state index in [0.717, 1.165) is 16.5 Å². The van der Waals surface area contributed by atoms with Crippen molar-refractivity contribution < 1.29 is 19.4 Å². The SMILES string of the molecule is CC(C)(C)OC(=O)NCC=Cc1csc(/C=C/C(=O)O)c1. The summed E-state index contributed by atoms with van der Waals surface area (Å²) in [5.41, 5.74) is 0.447. The molecule has 0 fully saturated rings. The van der Waals surface area contributed by atoms with E-state index in [9.17, 15) is 9.59 Å². The summed E-state index contributed by atoms with van der Waals surface area (Å²) < 4.78 is 5.10. The zero-order chi connectivity index (χ0) is 15.9. The van der Waals surface area contributed by atoms with Crippen LogP contribution in [-0.4, -0.2) is 29.3 Å². The van der Waals surface area contributed by atoms with Crippen LogP contribution in [-0.2, 0) is 9.53 Å². The molecule has 5 nitrogen and oxygen atoms in total. The van der Waals surface area contributed by atoms with Gasteiger partial charge in [0.1, 0.15) is 5.60 Å². The molecule has 0 unspecified atom stereocenters. The van der Waals surface area contributed by atoms with Crippen LogP contribution in [0.25, 0.3) is 12.2 Å². The van der Waals surface area contributed by atoms with Crippen molar-refractivity contribution in [3.63, 3.8) is 0 Å². The van der Waals surface area contributed by atoms with Crippen LogP contribution >= 0.6 is 11.3 Å². The third-order valence-corrected chi connectivity index (χ3v) is 3.02. The number of carboxylic acids is 1. The first-order valence-corrected chi connectivity index (χ1v) is 7.27. The lowest BCUT2D eigenvalue weighted by atomic mass is 10.2. The van der Waals surface area contributed by atoms with Gasteiger partial charge < -0.3 is 15.2 Å². The van der Waals surface area contributed by atoms with Crippen molar-refractivity contribution in [3.05, 3.63) is 34.0 Å². The van der Waals surface area contributed by atoms with Crippen molar-refractivity contribution in [2.24, 2.45) is 0 Å². The molecule has 1 amide bonds. The second kappa shape index (κ2) is 7.64. The third-order valence-electron chi connectivity index (χ3n) is 2.10. The Morgan fingerprint density at radius 2 is 2.10 bits per heavy atom. The molecule has 1 aromatic heterocycles. The fraction of sp³-hybridized carbons (Fsp3) is 0.333. The average molecular weight is 309 g/mol. The molecule has 0 saturated heterocycles. The van der Waals surface area contributed by atoms with E-state index in [0.29, 0.717) is 6.54 Å². The lowest BCUT2D eigenvalue weighted by molar-refractivity contribution is -0.131. The number of alkyl carbamates (subject to hydrolysis) is 1. The van der Waals surface area contributed by atoms with Crippen LogP contribution in [0.15, 0.2) is 23.6 Å². The molecule has 114 valence electrons. The molecule has 1 heterocycles. The second-order valence-electron chi connectivity index (χ2n) is 5.24. The van der Waals surface area contributed by atoms with E-state index in [1.807, 2.05) is 17.5 Å². The van der Waals surface area contributed by atoms with Crippen LogP contribution in [0.1, 0.15) is 31.2 Å². The highest BCUT2D eigenvalue weighted by atomic mass is 32.1. The summed E-state index contributed by atoms with van der Waals surface area (Å²) >= 11 is 1.45. The molecule has 0 saturated carbocycles. The Morgan fingerprint density at radius 3 is 2.71 bits per heavy atom. The number of ether oxygens (including phenoxy) is 1. The molecule has 1 rings (SSSR count). The van der Waals surface area contributed by atoms with Gasteiger partial charge in [-0.1, -0.05) is 12.2 Å². The van der Waals surface area contributed by atoms with Gasteiger partial charge in [0, 0.05) is 17.5 Å². The smallest absolute Gasteiger partial charge is 0.407 e. The van der Waals surface area contributed by atoms with Crippen LogP contribution in [0.3, 0.4) is 0 Å². The van der Waals surface area contributed by atoms with Crippen molar-refractivity contribution in [2.45, 2.75) is 26.4 Å². The monoisotopic (exact) mass is 309 g/mol. The largest absolute Gasteiger partial charge is 0.478 e. The van der Waals surface area contributed by atoms with Crippen LogP contribution in [0.2, 0.25) is 0 Å². The first kappa shape index (κ1) is 17.0. The van der Waals surface area contributed by atoms with Crippen LogP contribution < -0.4 is 5.32 Å². The molecule has 0 aliphatic heterocycles. The van der Waals surface area contributed by atoms with E-state index in [1.54, 1.807) is 32.9 Å². The Morgan fingerprint density at radius 1 is 1.38 bits per heavy atom. The zero-order valence-electron chi connectivity index (χ0n) is 12.3. The second-order valence-corrected chi connectivity index (χ2v) is 6.18. The standard InChI is InChI=1S/C15H19NO4S/c1-15(2,3)20-14(19)16-8-4-5-11-9-12(21-10-11)6-7-13(17)18/h4-7,9-10H,8H2,1-3H3,(H,16,19)(H,17,18)/b5-4?,7-6+. The Labute approximate surface area is 127 Å². The quantitative estimate of drug-likeness (QED) is 0.818. The van der Waals surface area contributed by atoms with E-state index in [4.69, 9.17) is 9.84 Å². The van der Waals surface area contributed by atoms with Crippen molar-refractivity contribution in [1.29, 1.82) is 0 Å². The summed E-state index contributed by atoms with van der Waals surface area (Å²) in [4.78, 5) is 22.7. The molecule has 0 spiro atoms. The fourth-order valence-corrected chi connectivity index (χ4v) is 2.12. The maximum Gasteiger partial charge on any atom is 0.407 e. The van der Waals surface area contributed by atoms with E-state index < -0.39 is 17.7 Å². The molecule has 1 aromatic rings. The summed E-state index contributed by atoms with van der Waals surface area (Å²) in [6, 6.07) is 1.87. The molecule has 6 heteroatoms. The Hall–Kier alpha value is -2.08. The number of thiophene rings is 1. The predicted octanol–water partition coefficient (Wildman–Crippen LogP) is 3.38. The summed E-state index contributed by atoms with van der Waals surface area (Å²) in [6.45, 7) is 5.78. The number of nitrogens with one attached hydrogen (secondary N) is 1. The topological polar surface area (TPSA) is 75.6 Å². The van der Waals surface area contributed by atoms with Crippen LogP contribution in [0.4, 0.5) is 4.79 Å². The third kappa shape index (κ3) is 7.94. The van der Waals surface area contributed by atoms with E-state index >= 15 is 0 Å². The highest BCUT2D eigenvalue weighted by molar-refractivity contribution is 7.11. The minimum atomic E-state index is -0.970. The summed E-state index contributed by atoms with van der Waals surface area (Å²) in [7, 11) is 0. The number of carbonyl (C=O) groups is 2. The Balaban J connectivity index is 2.40. The molecule has 0 bridgehead atoms. The Bertz CT molecular complexity index is 552. The van der Waals surface area contributed by atoms with Crippen molar-refractivity contribution >= 4 is 35.6 Å². The molecule has 2 N–H and O–H groups in total. The molecule has 0 aliphatic rings. The average Bonchev–Trinajstić information content (AvgIpc) is 2.78. The highest BCUT2D eigenvalue weighted by Crippen LogP contribution is 2.17. The fourth-order valence-electron chi connectivity index (χ4n) is 1.35. The maximum absolute atomic E-state index is 11.4. The van der Waals surface area contributed by atoms with E-state index in [2.05, 4.69) is 5.32 Å². The first-order chi connectivity index (χ1) is 9.76. The van der Waals surface area contributed by atoms with Gasteiger partial charge in [-0.2, -0.15) is 0 Å². The van der Waals surface area contributed by atoms with Gasteiger partial charge in [-0.3, -0.25) is 0 Å². The summed E-state index contributed by atoms with van der Waals surface area (Å²) in [6.07, 6.45) is 5.84. The van der Waals surface area contributed by atoms with Crippen molar-refractivity contribution in [3.8, 4) is 0 Å². The lowest BCUT2D eigenvalue weighted by Gasteiger charge is -2.19. The highest BCUT2D eigenvalue weighted by Gasteiger charge is 2.14. The zero-order valence-corrected chi connectivity index (χ0v) is 13.1. The van der Waals surface area contributed by atoms with E-state index in [1.165, 1.54) is 11.3 Å². The van der Waals surface area contributed by atoms with Gasteiger partial charge in [-0.25, -0.2) is 9.59 Å². The van der Waals surface area contributed by atoms with Gasteiger partial charge in [0.2, 0.25) is 0 Å². The predicted molar refractivity (Wildman–Crippen MR) is 84.3 cm³/mol. The summed E-state index contributed by atoms with van der Waals surface area (Å²) in [5, 5.41) is 13.1. The van der Waals surface area contributed by atoms with Gasteiger partial charge in [0.25, 0.3) is 0 Å². The minimum absolute atomic E-state index is 0.366. The minimum Gasteiger partial charge on any atom is -0.478 e. The number of carboxylic acid groups (broad SMARTS) is 1. The van der Waals surface area contributed by atoms with Crippen molar-refractivity contribution in [2.75, 3.05) is 6.54 Å². The van der Waals surface area contributed by atoms with Gasteiger partial charge in [-0.05, 0) is 43.9 Å². The lowest BCUT2D eigenvalue weighted by Crippen LogP contribution is -2.32. The molecule has 0 aromatic carbocycles. The van der Waals surface area contributed by atoms with Gasteiger partial charge >= 0.3 is 12.1 Å². The molecule has 0 atom stereocenters. The van der Waals surface area contributed by atoms with Gasteiger partial charge in [0.05, 0.1) is 0 Å². The number of hydrogen-bond acceptors (Lipinski definition) is 4. The number of rotatable bonds is 5. The molecule has 21 heavy (non-hydrogen) atoms. The molecular formula is C15H19NO4S. The maximum atomic E-state index is 11.4. The van der Waals surface area contributed by atoms with Crippen LogP contribution in [0, 0.1) is 0 Å². The number of carbonyl (C=O) groups excluding carboxylic acids is 1. The van der Waals surface area contributed by atoms with Gasteiger partial charge in [0.15, 0.2) is 0 Å². The van der Waals surface area contributed by atoms with Gasteiger partial charge in [-0.15, -0.1) is 11.3 Å². The molecule has 0 aliphatic carbocycles. The first-order valence-electron chi connectivity index (χ1n) is 6.39. The number of hydrogen-bond donors (Lipinski definition) is 2.